The minimum atomic E-state index is -2.46. The van der Waals surface area contributed by atoms with Crippen molar-refractivity contribution in [3.05, 3.63) is 285 Å². The Labute approximate surface area is 431 Å². The average Bonchev–Trinajstić information content (AvgIpc) is 3.53. The van der Waals surface area contributed by atoms with Crippen LogP contribution >= 0.6 is 0 Å². The van der Waals surface area contributed by atoms with E-state index in [1.807, 2.05) is 97.3 Å². The van der Waals surface area contributed by atoms with E-state index in [1.165, 1.54) is 0 Å². The quantitative estimate of drug-likeness (QED) is 0.130. The SMILES string of the molecule is [2H]C([2H])([2H])c1cc(-c2cccc(-c3cccc(-c4ccccc4)c3)c2)ncc1-c1ccccc1-c1cc(-c2ccccc2-c2ccc(-c3ccccc3)nc2)cc(-c2ccccc2-c2ccc(-c3ccccc3)nc2)c1. The molecule has 12 aromatic rings. The highest BCUT2D eigenvalue weighted by molar-refractivity contribution is 5.94. The second kappa shape index (κ2) is 20.0. The van der Waals surface area contributed by atoms with Gasteiger partial charge in [0.05, 0.1) is 17.1 Å². The molecule has 0 N–H and O–H groups in total. The number of rotatable bonds is 11. The topological polar surface area (TPSA) is 38.7 Å². The lowest BCUT2D eigenvalue weighted by Gasteiger charge is -2.18. The third kappa shape index (κ3) is 9.32. The van der Waals surface area contributed by atoms with Crippen molar-refractivity contribution in [3.8, 4) is 123 Å². The fraction of sp³-hybridized carbons (Fsp3) is 0.0143. The molecule has 0 amide bonds. The van der Waals surface area contributed by atoms with Crippen molar-refractivity contribution in [2.75, 3.05) is 0 Å². The van der Waals surface area contributed by atoms with Gasteiger partial charge in [-0.1, -0.05) is 212 Å². The maximum absolute atomic E-state index is 9.00. The molecule has 0 radical (unpaired) electrons. The number of nitrogens with zero attached hydrogens (tertiary/aromatic N) is 3. The van der Waals surface area contributed by atoms with Gasteiger partial charge in [-0.3, -0.25) is 15.0 Å². The summed E-state index contributed by atoms with van der Waals surface area (Å²) in [5.74, 6) is 0. The lowest BCUT2D eigenvalue weighted by atomic mass is 9.86. The first-order chi connectivity index (χ1) is 37.3. The van der Waals surface area contributed by atoms with E-state index in [-0.39, 0.29) is 5.56 Å². The number of hydrogen-bond donors (Lipinski definition) is 0. The zero-order chi connectivity index (χ0) is 51.4. The van der Waals surface area contributed by atoms with Gasteiger partial charge in [0.25, 0.3) is 0 Å². The van der Waals surface area contributed by atoms with Gasteiger partial charge in [0.2, 0.25) is 0 Å². The number of benzene rings is 9. The van der Waals surface area contributed by atoms with Crippen LogP contribution in [0.2, 0.25) is 0 Å². The van der Waals surface area contributed by atoms with Crippen LogP contribution in [-0.2, 0) is 0 Å². The highest BCUT2D eigenvalue weighted by atomic mass is 14.7. The van der Waals surface area contributed by atoms with Crippen LogP contribution in [-0.4, -0.2) is 15.0 Å². The molecule has 344 valence electrons. The maximum atomic E-state index is 9.00. The van der Waals surface area contributed by atoms with Crippen molar-refractivity contribution >= 4 is 0 Å². The van der Waals surface area contributed by atoms with Crippen LogP contribution in [0.25, 0.3) is 123 Å². The number of aryl methyl sites for hydroxylation is 1. The van der Waals surface area contributed by atoms with E-state index in [1.54, 1.807) is 12.3 Å². The maximum Gasteiger partial charge on any atom is 0.0705 e. The fourth-order valence-corrected chi connectivity index (χ4v) is 9.90. The molecule has 0 unspecified atom stereocenters. The second-order valence-corrected chi connectivity index (χ2v) is 18.2. The summed E-state index contributed by atoms with van der Waals surface area (Å²) in [5, 5.41) is 0. The molecule has 9 aromatic carbocycles. The summed E-state index contributed by atoms with van der Waals surface area (Å²) in [6.45, 7) is -2.46. The van der Waals surface area contributed by atoms with E-state index >= 15 is 0 Å². The van der Waals surface area contributed by atoms with Gasteiger partial charge in [0, 0.05) is 56.1 Å². The van der Waals surface area contributed by atoms with Crippen LogP contribution < -0.4 is 0 Å². The van der Waals surface area contributed by atoms with Crippen molar-refractivity contribution in [1.29, 1.82) is 0 Å². The summed E-state index contributed by atoms with van der Waals surface area (Å²) in [7, 11) is 0. The first-order valence-electron chi connectivity index (χ1n) is 26.0. The Morgan fingerprint density at radius 1 is 0.219 bits per heavy atom. The molecule has 0 bridgehead atoms. The van der Waals surface area contributed by atoms with Crippen LogP contribution in [0.3, 0.4) is 0 Å². The molecule has 0 saturated heterocycles. The molecule has 3 nitrogen and oxygen atoms in total. The van der Waals surface area contributed by atoms with E-state index in [4.69, 9.17) is 19.1 Å². The highest BCUT2D eigenvalue weighted by Crippen LogP contribution is 2.43. The normalized spacial score (nSPS) is 11.9. The van der Waals surface area contributed by atoms with Crippen molar-refractivity contribution in [3.63, 3.8) is 0 Å². The molecule has 0 atom stereocenters. The number of aromatic nitrogens is 3. The minimum absolute atomic E-state index is 0.228. The average molecular weight is 935 g/mol. The molecule has 0 aliphatic rings. The summed E-state index contributed by atoms with van der Waals surface area (Å²) >= 11 is 0. The van der Waals surface area contributed by atoms with Gasteiger partial charge < -0.3 is 0 Å². The Bertz CT molecular complexity index is 3860. The van der Waals surface area contributed by atoms with Crippen LogP contribution in [0.15, 0.2) is 279 Å². The lowest BCUT2D eigenvalue weighted by Crippen LogP contribution is -1.94. The zero-order valence-corrected chi connectivity index (χ0v) is 39.9. The van der Waals surface area contributed by atoms with Gasteiger partial charge in [-0.05, 0) is 133 Å². The molecule has 0 saturated carbocycles. The predicted molar refractivity (Wildman–Crippen MR) is 304 cm³/mol. The summed E-state index contributed by atoms with van der Waals surface area (Å²) in [6.07, 6.45) is 5.65. The van der Waals surface area contributed by atoms with Gasteiger partial charge >= 0.3 is 0 Å². The summed E-state index contributed by atoms with van der Waals surface area (Å²) in [5.41, 5.74) is 21.2. The first kappa shape index (κ1) is 41.2. The third-order valence-electron chi connectivity index (χ3n) is 13.6. The molecule has 0 spiro atoms. The lowest BCUT2D eigenvalue weighted by molar-refractivity contribution is 1.29. The van der Waals surface area contributed by atoms with Crippen molar-refractivity contribution < 1.29 is 4.11 Å². The van der Waals surface area contributed by atoms with Gasteiger partial charge in [-0.15, -0.1) is 0 Å². The smallest absolute Gasteiger partial charge is 0.0705 e. The zero-order valence-electron chi connectivity index (χ0n) is 42.9. The van der Waals surface area contributed by atoms with E-state index < -0.39 is 6.85 Å². The molecule has 0 aliphatic heterocycles. The number of pyridine rings is 3. The molecule has 3 aromatic heterocycles. The monoisotopic (exact) mass is 934 g/mol. The van der Waals surface area contributed by atoms with Crippen LogP contribution in [0.4, 0.5) is 0 Å². The van der Waals surface area contributed by atoms with Gasteiger partial charge in [-0.2, -0.15) is 0 Å². The van der Waals surface area contributed by atoms with E-state index in [0.29, 0.717) is 11.3 Å². The minimum Gasteiger partial charge on any atom is -0.256 e. The van der Waals surface area contributed by atoms with E-state index in [2.05, 4.69) is 170 Å². The van der Waals surface area contributed by atoms with Gasteiger partial charge in [0.1, 0.15) is 0 Å². The van der Waals surface area contributed by atoms with E-state index in [9.17, 15) is 0 Å². The number of hydrogen-bond acceptors (Lipinski definition) is 3. The van der Waals surface area contributed by atoms with Crippen molar-refractivity contribution in [2.24, 2.45) is 0 Å². The molecular weight excluding hydrogens is 883 g/mol. The summed E-state index contributed by atoms with van der Waals surface area (Å²) < 4.78 is 27.0. The van der Waals surface area contributed by atoms with Gasteiger partial charge in [0.15, 0.2) is 0 Å². The summed E-state index contributed by atoms with van der Waals surface area (Å²) in [6, 6.07) is 89.3. The second-order valence-electron chi connectivity index (χ2n) is 18.2. The Morgan fingerprint density at radius 2 is 0.562 bits per heavy atom. The standard InChI is InChI=1S/C70H49N3/c1-48-39-70(55-28-18-27-54(41-55)53-26-17-25-52(40-53)49-19-5-2-6-20-49)73-47-67(48)66-34-16-15-33-65(66)60-43-58(63-31-13-11-29-61(63)56-35-37-68(71-45-56)50-21-7-3-8-22-50)42-59(44-60)64-32-14-12-30-62(64)57-36-38-69(72-46-57)51-23-9-4-10-24-51/h2-47H,1H3/i1D3. The summed E-state index contributed by atoms with van der Waals surface area (Å²) in [4.78, 5) is 14.9. The molecule has 3 heterocycles. The van der Waals surface area contributed by atoms with Crippen molar-refractivity contribution in [1.82, 2.24) is 15.0 Å². The molecule has 0 fully saturated rings. The van der Waals surface area contributed by atoms with Crippen LogP contribution in [0.1, 0.15) is 9.68 Å². The molecule has 3 heteroatoms. The fourth-order valence-electron chi connectivity index (χ4n) is 9.90. The Balaban J connectivity index is 0.986. The van der Waals surface area contributed by atoms with Crippen LogP contribution in [0, 0.1) is 6.85 Å². The molecule has 12 rings (SSSR count). The molecular formula is C70H49N3. The van der Waals surface area contributed by atoms with Crippen LogP contribution in [0.5, 0.6) is 0 Å². The largest absolute Gasteiger partial charge is 0.256 e. The Hall–Kier alpha value is -9.57. The highest BCUT2D eigenvalue weighted by Gasteiger charge is 2.18. The van der Waals surface area contributed by atoms with E-state index in [0.717, 1.165) is 112 Å². The first-order valence-corrected chi connectivity index (χ1v) is 24.5. The Morgan fingerprint density at radius 3 is 1.01 bits per heavy atom. The molecule has 73 heavy (non-hydrogen) atoms. The third-order valence-corrected chi connectivity index (χ3v) is 13.6. The van der Waals surface area contributed by atoms with Gasteiger partial charge in [-0.25, -0.2) is 0 Å². The predicted octanol–water partition coefficient (Wildman–Crippen LogP) is 18.5. The molecule has 0 aliphatic carbocycles. The Kier molecular flexibility index (Phi) is 11.3. The van der Waals surface area contributed by atoms with Crippen molar-refractivity contribution in [2.45, 2.75) is 6.85 Å².